The van der Waals surface area contributed by atoms with E-state index in [1.54, 1.807) is 4.31 Å². The van der Waals surface area contributed by atoms with Crippen LogP contribution >= 0.6 is 11.3 Å². The zero-order valence-electron chi connectivity index (χ0n) is 10.7. The van der Waals surface area contributed by atoms with Crippen molar-refractivity contribution in [2.24, 2.45) is 11.7 Å². The van der Waals surface area contributed by atoms with E-state index < -0.39 is 10.0 Å². The van der Waals surface area contributed by atoms with Crippen LogP contribution in [-0.4, -0.2) is 36.8 Å². The summed E-state index contributed by atoms with van der Waals surface area (Å²) in [4.78, 5) is 4.01. The van der Waals surface area contributed by atoms with Crippen molar-refractivity contribution in [1.29, 1.82) is 0 Å². The molecule has 102 valence electrons. The fourth-order valence-electron chi connectivity index (χ4n) is 2.23. The summed E-state index contributed by atoms with van der Waals surface area (Å²) in [5.74, 6) is 0.430. The van der Waals surface area contributed by atoms with Crippen LogP contribution in [0.1, 0.15) is 24.8 Å². The third kappa shape index (κ3) is 2.74. The van der Waals surface area contributed by atoms with Crippen molar-refractivity contribution in [3.8, 4) is 0 Å². The van der Waals surface area contributed by atoms with Gasteiger partial charge in [-0.15, -0.1) is 11.3 Å². The van der Waals surface area contributed by atoms with Crippen molar-refractivity contribution in [2.75, 3.05) is 13.1 Å². The summed E-state index contributed by atoms with van der Waals surface area (Å²) >= 11 is 1.23. The fraction of sp³-hybridized carbons (Fsp3) is 0.727. The normalized spacial score (nSPS) is 21.1. The minimum atomic E-state index is -3.34. The van der Waals surface area contributed by atoms with Gasteiger partial charge in [-0.3, -0.25) is 0 Å². The molecule has 0 amide bonds. The molecule has 0 saturated carbocycles. The Bertz CT molecular complexity index is 502. The maximum absolute atomic E-state index is 12.3. The Labute approximate surface area is 112 Å². The van der Waals surface area contributed by atoms with Crippen molar-refractivity contribution in [2.45, 2.75) is 36.9 Å². The molecule has 0 spiro atoms. The molecule has 1 fully saturated rings. The molecule has 1 saturated heterocycles. The first kappa shape index (κ1) is 13.9. The smallest absolute Gasteiger partial charge is 0.254 e. The molecule has 2 heterocycles. The lowest BCUT2D eigenvalue weighted by atomic mass is 9.92. The predicted octanol–water partition coefficient (Wildman–Crippen LogP) is 1.20. The molecule has 2 N–H and O–H groups in total. The lowest BCUT2D eigenvalue weighted by Gasteiger charge is -2.32. The van der Waals surface area contributed by atoms with E-state index in [1.165, 1.54) is 17.5 Å². The van der Waals surface area contributed by atoms with E-state index in [4.69, 9.17) is 5.73 Å². The average molecular weight is 289 g/mol. The standard InChI is InChI=1S/C11H19N3O2S2/c1-8(12)10-3-5-14(6-4-10)18(15,16)11-7-13-9(2)17-11/h7-8,10H,3-6,12H2,1-2H3. The summed E-state index contributed by atoms with van der Waals surface area (Å²) in [7, 11) is -3.34. The molecule has 1 aromatic heterocycles. The van der Waals surface area contributed by atoms with Crippen molar-refractivity contribution in [1.82, 2.24) is 9.29 Å². The van der Waals surface area contributed by atoms with E-state index in [-0.39, 0.29) is 6.04 Å². The van der Waals surface area contributed by atoms with Crippen molar-refractivity contribution < 1.29 is 8.42 Å². The van der Waals surface area contributed by atoms with Crippen LogP contribution in [0.15, 0.2) is 10.4 Å². The average Bonchev–Trinajstić information content (AvgIpc) is 2.76. The highest BCUT2D eigenvalue weighted by Gasteiger charge is 2.31. The lowest BCUT2D eigenvalue weighted by Crippen LogP contribution is -2.42. The zero-order valence-corrected chi connectivity index (χ0v) is 12.3. The number of sulfonamides is 1. The highest BCUT2D eigenvalue weighted by atomic mass is 32.2. The summed E-state index contributed by atoms with van der Waals surface area (Å²) in [5, 5.41) is 0.777. The van der Waals surface area contributed by atoms with Gasteiger partial charge in [0.15, 0.2) is 4.21 Å². The number of rotatable bonds is 3. The van der Waals surface area contributed by atoms with Gasteiger partial charge in [0.25, 0.3) is 10.0 Å². The van der Waals surface area contributed by atoms with Crippen LogP contribution in [0.4, 0.5) is 0 Å². The SMILES string of the molecule is Cc1ncc(S(=O)(=O)N2CCC(C(C)N)CC2)s1. The van der Waals surface area contributed by atoms with Gasteiger partial charge in [-0.05, 0) is 32.6 Å². The van der Waals surface area contributed by atoms with Gasteiger partial charge < -0.3 is 5.73 Å². The number of piperidine rings is 1. The maximum atomic E-state index is 12.3. The van der Waals surface area contributed by atoms with Gasteiger partial charge in [-0.2, -0.15) is 4.31 Å². The largest absolute Gasteiger partial charge is 0.328 e. The molecule has 0 aromatic carbocycles. The number of hydrogen-bond acceptors (Lipinski definition) is 5. The highest BCUT2D eigenvalue weighted by Crippen LogP contribution is 2.27. The van der Waals surface area contributed by atoms with E-state index in [0.29, 0.717) is 23.2 Å². The second-order valence-electron chi connectivity index (χ2n) is 4.80. The van der Waals surface area contributed by atoms with Crippen LogP contribution < -0.4 is 5.73 Å². The second-order valence-corrected chi connectivity index (χ2v) is 8.20. The number of hydrogen-bond donors (Lipinski definition) is 1. The highest BCUT2D eigenvalue weighted by molar-refractivity contribution is 7.91. The van der Waals surface area contributed by atoms with E-state index >= 15 is 0 Å². The Morgan fingerprint density at radius 1 is 1.50 bits per heavy atom. The van der Waals surface area contributed by atoms with E-state index in [1.807, 2.05) is 13.8 Å². The lowest BCUT2D eigenvalue weighted by molar-refractivity contribution is 0.251. The Morgan fingerprint density at radius 2 is 2.11 bits per heavy atom. The van der Waals surface area contributed by atoms with Crippen molar-refractivity contribution >= 4 is 21.4 Å². The quantitative estimate of drug-likeness (QED) is 0.907. The van der Waals surface area contributed by atoms with Crippen molar-refractivity contribution in [3.05, 3.63) is 11.2 Å². The van der Waals surface area contributed by atoms with Gasteiger partial charge in [-0.25, -0.2) is 13.4 Å². The summed E-state index contributed by atoms with van der Waals surface area (Å²) in [6.45, 7) is 4.92. The third-order valence-electron chi connectivity index (χ3n) is 3.44. The number of aromatic nitrogens is 1. The second kappa shape index (κ2) is 5.24. The first-order chi connectivity index (χ1) is 8.41. The number of thiazole rings is 1. The molecule has 1 unspecified atom stereocenters. The van der Waals surface area contributed by atoms with Gasteiger partial charge >= 0.3 is 0 Å². The Balaban J connectivity index is 2.09. The minimum Gasteiger partial charge on any atom is -0.328 e. The molecular weight excluding hydrogens is 270 g/mol. The Kier molecular flexibility index (Phi) is 4.05. The van der Waals surface area contributed by atoms with Crippen LogP contribution in [-0.2, 0) is 10.0 Å². The summed E-state index contributed by atoms with van der Waals surface area (Å²) in [5.41, 5.74) is 5.86. The molecule has 1 aliphatic rings. The first-order valence-corrected chi connectivity index (χ1v) is 8.35. The molecule has 1 aromatic rings. The molecule has 5 nitrogen and oxygen atoms in total. The Morgan fingerprint density at radius 3 is 2.56 bits per heavy atom. The maximum Gasteiger partial charge on any atom is 0.254 e. The van der Waals surface area contributed by atoms with Crippen LogP contribution in [0, 0.1) is 12.8 Å². The van der Waals surface area contributed by atoms with Gasteiger partial charge in [-0.1, -0.05) is 0 Å². The number of aryl methyl sites for hydroxylation is 1. The van der Waals surface area contributed by atoms with Crippen LogP contribution in [0.2, 0.25) is 0 Å². The van der Waals surface area contributed by atoms with Gasteiger partial charge in [0.1, 0.15) is 0 Å². The summed E-state index contributed by atoms with van der Waals surface area (Å²) in [6.07, 6.45) is 3.14. The van der Waals surface area contributed by atoms with Gasteiger partial charge in [0.05, 0.1) is 11.2 Å². The Hall–Kier alpha value is -0.500. The molecule has 0 bridgehead atoms. The molecule has 1 atom stereocenters. The third-order valence-corrected chi connectivity index (χ3v) is 6.68. The van der Waals surface area contributed by atoms with Crippen LogP contribution in [0.5, 0.6) is 0 Å². The fourth-order valence-corrected chi connectivity index (χ4v) is 4.96. The minimum absolute atomic E-state index is 0.139. The monoisotopic (exact) mass is 289 g/mol. The molecule has 2 rings (SSSR count). The van der Waals surface area contributed by atoms with E-state index in [2.05, 4.69) is 4.98 Å². The summed E-state index contributed by atoms with van der Waals surface area (Å²) < 4.78 is 26.6. The molecule has 1 aliphatic heterocycles. The van der Waals surface area contributed by atoms with Gasteiger partial charge in [0, 0.05) is 19.1 Å². The van der Waals surface area contributed by atoms with E-state index in [0.717, 1.165) is 17.8 Å². The van der Waals surface area contributed by atoms with E-state index in [9.17, 15) is 8.42 Å². The summed E-state index contributed by atoms with van der Waals surface area (Å²) in [6, 6.07) is 0.139. The molecule has 0 aliphatic carbocycles. The van der Waals surface area contributed by atoms with Gasteiger partial charge in [0.2, 0.25) is 0 Å². The molecule has 0 radical (unpaired) electrons. The zero-order chi connectivity index (χ0) is 13.3. The predicted molar refractivity (Wildman–Crippen MR) is 72.0 cm³/mol. The first-order valence-electron chi connectivity index (χ1n) is 6.09. The molecular formula is C11H19N3O2S2. The van der Waals surface area contributed by atoms with Crippen LogP contribution in [0.3, 0.4) is 0 Å². The topological polar surface area (TPSA) is 76.3 Å². The van der Waals surface area contributed by atoms with Crippen LogP contribution in [0.25, 0.3) is 0 Å². The number of nitrogens with zero attached hydrogens (tertiary/aromatic N) is 2. The van der Waals surface area contributed by atoms with Crippen molar-refractivity contribution in [3.63, 3.8) is 0 Å². The molecule has 7 heteroatoms. The molecule has 18 heavy (non-hydrogen) atoms. The number of nitrogens with two attached hydrogens (primary N) is 1.